The van der Waals surface area contributed by atoms with E-state index in [1.807, 2.05) is 6.92 Å². The number of nitro benzene ring substituents is 1. The van der Waals surface area contributed by atoms with Crippen LogP contribution in [0.5, 0.6) is 0 Å². The Hall–Kier alpha value is -2.15. The highest BCUT2D eigenvalue weighted by molar-refractivity contribution is 6.00. The number of nitrogens with zero attached hydrogens (tertiary/aromatic N) is 2. The lowest BCUT2D eigenvalue weighted by Gasteiger charge is -2.27. The van der Waals surface area contributed by atoms with Gasteiger partial charge in [0.05, 0.1) is 23.7 Å². The van der Waals surface area contributed by atoms with Crippen molar-refractivity contribution in [3.05, 3.63) is 33.9 Å². The summed E-state index contributed by atoms with van der Waals surface area (Å²) < 4.78 is 5.23. The molecule has 0 unspecified atom stereocenters. The van der Waals surface area contributed by atoms with E-state index < -0.39 is 4.92 Å². The maximum absolute atomic E-state index is 12.6. The normalized spacial score (nSPS) is 14.8. The quantitative estimate of drug-likeness (QED) is 0.662. The summed E-state index contributed by atoms with van der Waals surface area (Å²) in [7, 11) is 0. The van der Waals surface area contributed by atoms with E-state index >= 15 is 0 Å². The number of non-ortho nitro benzene ring substituents is 1. The Labute approximate surface area is 123 Å². The maximum Gasteiger partial charge on any atom is 0.270 e. The van der Waals surface area contributed by atoms with Gasteiger partial charge >= 0.3 is 0 Å². The molecule has 0 spiro atoms. The second-order valence-corrected chi connectivity index (χ2v) is 4.82. The fourth-order valence-corrected chi connectivity index (χ4v) is 2.17. The molecule has 114 valence electrons. The number of ether oxygens (including phenoxy) is 1. The van der Waals surface area contributed by atoms with Crippen LogP contribution in [0.25, 0.3) is 0 Å². The summed E-state index contributed by atoms with van der Waals surface area (Å²) >= 11 is 0. The van der Waals surface area contributed by atoms with E-state index in [0.717, 1.165) is 6.42 Å². The number of carbonyl (C=O) groups excluding carboxylic acids is 1. The van der Waals surface area contributed by atoms with Crippen LogP contribution in [0.4, 0.5) is 11.4 Å². The molecule has 1 saturated heterocycles. The van der Waals surface area contributed by atoms with Crippen molar-refractivity contribution in [1.29, 1.82) is 0 Å². The van der Waals surface area contributed by atoms with E-state index in [0.29, 0.717) is 44.1 Å². The molecule has 2 rings (SSSR count). The van der Waals surface area contributed by atoms with Crippen LogP contribution in [0.2, 0.25) is 0 Å². The average Bonchev–Trinajstić information content (AvgIpc) is 2.52. The van der Waals surface area contributed by atoms with Crippen LogP contribution in [-0.2, 0) is 4.74 Å². The number of anilines is 1. The van der Waals surface area contributed by atoms with Crippen LogP contribution in [0, 0.1) is 10.1 Å². The van der Waals surface area contributed by atoms with Crippen molar-refractivity contribution in [2.75, 3.05) is 38.2 Å². The van der Waals surface area contributed by atoms with E-state index in [2.05, 4.69) is 5.32 Å². The zero-order chi connectivity index (χ0) is 15.2. The number of hydrogen-bond acceptors (Lipinski definition) is 5. The van der Waals surface area contributed by atoms with Crippen LogP contribution < -0.4 is 5.32 Å². The molecule has 1 fully saturated rings. The van der Waals surface area contributed by atoms with E-state index in [1.54, 1.807) is 11.0 Å². The van der Waals surface area contributed by atoms with Gasteiger partial charge < -0.3 is 15.0 Å². The SMILES string of the molecule is CCCNc1ccc([N+](=O)[O-])cc1C(=O)N1CCOCC1. The van der Waals surface area contributed by atoms with Gasteiger partial charge in [-0.2, -0.15) is 0 Å². The lowest BCUT2D eigenvalue weighted by atomic mass is 10.1. The summed E-state index contributed by atoms with van der Waals surface area (Å²) in [5, 5.41) is 14.1. The molecule has 0 atom stereocenters. The topological polar surface area (TPSA) is 84.7 Å². The summed E-state index contributed by atoms with van der Waals surface area (Å²) in [6.45, 7) is 4.74. The minimum atomic E-state index is -0.486. The number of hydrogen-bond donors (Lipinski definition) is 1. The number of nitro groups is 1. The molecule has 0 bridgehead atoms. The molecular formula is C14H19N3O4. The molecule has 1 N–H and O–H groups in total. The predicted octanol–water partition coefficient (Wildman–Crippen LogP) is 1.89. The average molecular weight is 293 g/mol. The number of morpholine rings is 1. The Kier molecular flexibility index (Phi) is 5.10. The third-order valence-corrected chi connectivity index (χ3v) is 3.31. The van der Waals surface area contributed by atoms with Crippen LogP contribution in [0.3, 0.4) is 0 Å². The van der Waals surface area contributed by atoms with Crippen LogP contribution in [0.1, 0.15) is 23.7 Å². The van der Waals surface area contributed by atoms with E-state index in [-0.39, 0.29) is 11.6 Å². The Morgan fingerprint density at radius 1 is 1.43 bits per heavy atom. The summed E-state index contributed by atoms with van der Waals surface area (Å²) in [5.74, 6) is -0.194. The van der Waals surface area contributed by atoms with Gasteiger partial charge in [-0.3, -0.25) is 14.9 Å². The molecule has 1 heterocycles. The molecule has 1 amide bonds. The highest BCUT2D eigenvalue weighted by Gasteiger charge is 2.23. The molecule has 0 saturated carbocycles. The van der Waals surface area contributed by atoms with E-state index in [9.17, 15) is 14.9 Å². The first-order valence-electron chi connectivity index (χ1n) is 7.02. The fourth-order valence-electron chi connectivity index (χ4n) is 2.17. The standard InChI is InChI=1S/C14H19N3O4/c1-2-5-15-13-4-3-11(17(19)20)10-12(13)14(18)16-6-8-21-9-7-16/h3-4,10,15H,2,5-9H2,1H3. The molecule has 21 heavy (non-hydrogen) atoms. The lowest BCUT2D eigenvalue weighted by Crippen LogP contribution is -2.41. The number of carbonyl (C=O) groups is 1. The van der Waals surface area contributed by atoms with Gasteiger partial charge in [-0.25, -0.2) is 0 Å². The zero-order valence-corrected chi connectivity index (χ0v) is 12.0. The van der Waals surface area contributed by atoms with Gasteiger partial charge in [0.2, 0.25) is 0 Å². The van der Waals surface area contributed by atoms with E-state index in [4.69, 9.17) is 4.74 Å². The van der Waals surface area contributed by atoms with Crippen LogP contribution in [0.15, 0.2) is 18.2 Å². The maximum atomic E-state index is 12.6. The Balaban J connectivity index is 2.29. The van der Waals surface area contributed by atoms with Crippen molar-refractivity contribution < 1.29 is 14.5 Å². The molecule has 1 aromatic carbocycles. The van der Waals surface area contributed by atoms with Crippen molar-refractivity contribution >= 4 is 17.3 Å². The van der Waals surface area contributed by atoms with Gasteiger partial charge in [0.1, 0.15) is 0 Å². The number of amides is 1. The zero-order valence-electron chi connectivity index (χ0n) is 12.0. The largest absolute Gasteiger partial charge is 0.384 e. The minimum absolute atomic E-state index is 0.0753. The summed E-state index contributed by atoms with van der Waals surface area (Å²) in [6.07, 6.45) is 0.905. The number of benzene rings is 1. The highest BCUT2D eigenvalue weighted by Crippen LogP contribution is 2.24. The molecule has 1 aliphatic heterocycles. The summed E-state index contributed by atoms with van der Waals surface area (Å²) in [5.41, 5.74) is 0.909. The van der Waals surface area contributed by atoms with Gasteiger partial charge in [0.15, 0.2) is 0 Å². The first kappa shape index (κ1) is 15.2. The Morgan fingerprint density at radius 3 is 2.76 bits per heavy atom. The second-order valence-electron chi connectivity index (χ2n) is 4.82. The molecular weight excluding hydrogens is 274 g/mol. The predicted molar refractivity (Wildman–Crippen MR) is 78.6 cm³/mol. The Morgan fingerprint density at radius 2 is 2.14 bits per heavy atom. The van der Waals surface area contributed by atoms with Gasteiger partial charge in [-0.05, 0) is 12.5 Å². The van der Waals surface area contributed by atoms with Gasteiger partial charge in [-0.15, -0.1) is 0 Å². The molecule has 0 aliphatic carbocycles. The molecule has 7 nitrogen and oxygen atoms in total. The van der Waals surface area contributed by atoms with E-state index in [1.165, 1.54) is 12.1 Å². The third kappa shape index (κ3) is 3.69. The Bertz CT molecular complexity index is 527. The van der Waals surface area contributed by atoms with Gasteiger partial charge in [0, 0.05) is 37.5 Å². The van der Waals surface area contributed by atoms with Crippen molar-refractivity contribution in [1.82, 2.24) is 4.90 Å². The van der Waals surface area contributed by atoms with Crippen molar-refractivity contribution in [2.45, 2.75) is 13.3 Å². The van der Waals surface area contributed by atoms with Gasteiger partial charge in [-0.1, -0.05) is 6.92 Å². The monoisotopic (exact) mass is 293 g/mol. The van der Waals surface area contributed by atoms with Crippen LogP contribution in [-0.4, -0.2) is 48.6 Å². The second kappa shape index (κ2) is 7.03. The summed E-state index contributed by atoms with van der Waals surface area (Å²) in [6, 6.07) is 4.35. The molecule has 7 heteroatoms. The molecule has 1 aliphatic rings. The smallest absolute Gasteiger partial charge is 0.270 e. The summed E-state index contributed by atoms with van der Waals surface area (Å²) in [4.78, 5) is 24.7. The third-order valence-electron chi connectivity index (χ3n) is 3.31. The lowest BCUT2D eigenvalue weighted by molar-refractivity contribution is -0.384. The van der Waals surface area contributed by atoms with Crippen LogP contribution >= 0.6 is 0 Å². The molecule has 0 radical (unpaired) electrons. The number of nitrogens with one attached hydrogen (secondary N) is 1. The van der Waals surface area contributed by atoms with Crippen molar-refractivity contribution in [2.24, 2.45) is 0 Å². The fraction of sp³-hybridized carbons (Fsp3) is 0.500. The minimum Gasteiger partial charge on any atom is -0.384 e. The van der Waals surface area contributed by atoms with Crippen molar-refractivity contribution in [3.8, 4) is 0 Å². The highest BCUT2D eigenvalue weighted by atomic mass is 16.6. The first-order chi connectivity index (χ1) is 10.1. The van der Waals surface area contributed by atoms with Gasteiger partial charge in [0.25, 0.3) is 11.6 Å². The number of rotatable bonds is 5. The first-order valence-corrected chi connectivity index (χ1v) is 7.02. The molecule has 1 aromatic rings. The van der Waals surface area contributed by atoms with Crippen molar-refractivity contribution in [3.63, 3.8) is 0 Å². The molecule has 0 aromatic heterocycles.